The molecule has 0 bridgehead atoms. The van der Waals surface area contributed by atoms with Crippen LogP contribution in [0.4, 0.5) is 25.3 Å². The van der Waals surface area contributed by atoms with Crippen LogP contribution in [0.1, 0.15) is 34.1 Å². The number of nitrogens with zero attached hydrogens (tertiary/aromatic N) is 4. The van der Waals surface area contributed by atoms with E-state index < -0.39 is 34.5 Å². The van der Waals surface area contributed by atoms with Crippen LogP contribution in [-0.4, -0.2) is 92.0 Å². The fraction of sp³-hybridized carbons (Fsp3) is 0.533. The van der Waals surface area contributed by atoms with E-state index in [4.69, 9.17) is 33.7 Å². The number of ether oxygens (including phenoxy) is 5. The van der Waals surface area contributed by atoms with E-state index in [-0.39, 0.29) is 35.2 Å². The first-order chi connectivity index (χ1) is 20.8. The molecule has 1 aromatic carbocycles. The molecular formula is C30H38F2N6O6. The molecule has 5 rings (SSSR count). The van der Waals surface area contributed by atoms with Gasteiger partial charge in [-0.1, -0.05) is 0 Å². The second-order valence-electron chi connectivity index (χ2n) is 12.1. The zero-order valence-corrected chi connectivity index (χ0v) is 25.9. The van der Waals surface area contributed by atoms with Gasteiger partial charge in [0.15, 0.2) is 29.0 Å². The van der Waals surface area contributed by atoms with Crippen molar-refractivity contribution in [1.29, 1.82) is 0 Å². The predicted molar refractivity (Wildman–Crippen MR) is 159 cm³/mol. The number of hydrogen-bond donors (Lipinski definition) is 2. The molecule has 2 fully saturated rings. The molecule has 0 saturated carbocycles. The molecule has 0 spiro atoms. The molecule has 0 aliphatic carbocycles. The topological polar surface area (TPSA) is 129 Å². The molecule has 2 aliphatic heterocycles. The van der Waals surface area contributed by atoms with Crippen LogP contribution in [0, 0.1) is 11.6 Å². The van der Waals surface area contributed by atoms with Gasteiger partial charge in [0.05, 0.1) is 62.9 Å². The number of alkyl carbamates (subject to hydrolysis) is 1. The molecule has 14 heteroatoms. The lowest BCUT2D eigenvalue weighted by Gasteiger charge is -2.47. The van der Waals surface area contributed by atoms with Crippen molar-refractivity contribution in [2.75, 3.05) is 57.8 Å². The Balaban J connectivity index is 1.53. The van der Waals surface area contributed by atoms with Gasteiger partial charge in [-0.25, -0.2) is 28.5 Å². The maximum Gasteiger partial charge on any atom is 0.407 e. The SMILES string of the molecule is COc1cc(OC)c(F)c(-c2cc3cnc(N[C@@H]4COCC[C@@H]4NC(=O)OC(C)(C)C)nc3c(N3CC(C)(OC)C3)n2)c1F. The highest BCUT2D eigenvalue weighted by molar-refractivity contribution is 5.92. The van der Waals surface area contributed by atoms with Crippen molar-refractivity contribution in [2.24, 2.45) is 0 Å². The number of aromatic nitrogens is 3. The number of pyridine rings is 1. The summed E-state index contributed by atoms with van der Waals surface area (Å²) < 4.78 is 58.0. The molecule has 238 valence electrons. The molecule has 44 heavy (non-hydrogen) atoms. The van der Waals surface area contributed by atoms with E-state index >= 15 is 8.78 Å². The summed E-state index contributed by atoms with van der Waals surface area (Å²) in [6, 6.07) is 2.02. The van der Waals surface area contributed by atoms with Crippen molar-refractivity contribution >= 4 is 28.8 Å². The number of carbonyl (C=O) groups is 1. The molecule has 2 N–H and O–H groups in total. The number of benzene rings is 1. The van der Waals surface area contributed by atoms with Gasteiger partial charge in [-0.3, -0.25) is 0 Å². The van der Waals surface area contributed by atoms with Crippen LogP contribution >= 0.6 is 0 Å². The van der Waals surface area contributed by atoms with E-state index in [2.05, 4.69) is 15.6 Å². The van der Waals surface area contributed by atoms with Crippen molar-refractivity contribution in [1.82, 2.24) is 20.3 Å². The molecular weight excluding hydrogens is 578 g/mol. The number of rotatable bonds is 8. The summed E-state index contributed by atoms with van der Waals surface area (Å²) in [5.74, 6) is -1.50. The maximum absolute atomic E-state index is 15.5. The first-order valence-electron chi connectivity index (χ1n) is 14.3. The molecule has 0 unspecified atom stereocenters. The third kappa shape index (κ3) is 6.41. The van der Waals surface area contributed by atoms with Crippen molar-refractivity contribution in [3.05, 3.63) is 30.0 Å². The Labute approximate surface area is 254 Å². The largest absolute Gasteiger partial charge is 0.494 e. The zero-order chi connectivity index (χ0) is 31.8. The smallest absolute Gasteiger partial charge is 0.407 e. The second kappa shape index (κ2) is 12.2. The van der Waals surface area contributed by atoms with Crippen molar-refractivity contribution in [3.8, 4) is 22.8 Å². The fourth-order valence-electron chi connectivity index (χ4n) is 5.27. The lowest BCUT2D eigenvalue weighted by Crippen LogP contribution is -2.61. The van der Waals surface area contributed by atoms with Crippen molar-refractivity contribution in [3.63, 3.8) is 0 Å². The number of nitrogens with one attached hydrogen (secondary N) is 2. The normalized spacial score (nSPS) is 19.7. The van der Waals surface area contributed by atoms with Gasteiger partial charge in [0.25, 0.3) is 0 Å². The van der Waals surface area contributed by atoms with Crippen LogP contribution in [0.15, 0.2) is 18.3 Å². The van der Waals surface area contributed by atoms with Crippen LogP contribution in [-0.2, 0) is 14.2 Å². The molecule has 2 atom stereocenters. The Kier molecular flexibility index (Phi) is 8.67. The second-order valence-corrected chi connectivity index (χ2v) is 12.1. The highest BCUT2D eigenvalue weighted by Gasteiger charge is 2.41. The van der Waals surface area contributed by atoms with E-state index in [1.54, 1.807) is 34.1 Å². The molecule has 2 aromatic heterocycles. The Morgan fingerprint density at radius 1 is 1.07 bits per heavy atom. The number of carbonyl (C=O) groups excluding carboxylic acids is 1. The van der Waals surface area contributed by atoms with Gasteiger partial charge in [-0.05, 0) is 40.2 Å². The van der Waals surface area contributed by atoms with Crippen molar-refractivity contribution < 1.29 is 37.3 Å². The maximum atomic E-state index is 15.5. The Hall–Kier alpha value is -4.04. The average molecular weight is 617 g/mol. The van der Waals surface area contributed by atoms with E-state index in [0.717, 1.165) is 6.07 Å². The van der Waals surface area contributed by atoms with Crippen LogP contribution in [0.2, 0.25) is 0 Å². The number of methoxy groups -OCH3 is 3. The summed E-state index contributed by atoms with van der Waals surface area (Å²) in [4.78, 5) is 28.4. The highest BCUT2D eigenvalue weighted by atomic mass is 19.1. The number of amides is 1. The fourth-order valence-corrected chi connectivity index (χ4v) is 5.27. The van der Waals surface area contributed by atoms with Gasteiger partial charge in [-0.2, -0.15) is 0 Å². The third-order valence-corrected chi connectivity index (χ3v) is 7.59. The van der Waals surface area contributed by atoms with Gasteiger partial charge < -0.3 is 39.2 Å². The van der Waals surface area contributed by atoms with Gasteiger partial charge in [0.1, 0.15) is 11.1 Å². The average Bonchev–Trinajstić information content (AvgIpc) is 2.95. The molecule has 0 radical (unpaired) electrons. The molecule has 2 aliphatic rings. The number of fused-ring (bicyclic) bond motifs is 1. The van der Waals surface area contributed by atoms with E-state index in [9.17, 15) is 4.79 Å². The number of hydrogen-bond acceptors (Lipinski definition) is 11. The predicted octanol–water partition coefficient (Wildman–Crippen LogP) is 4.31. The molecule has 2 saturated heterocycles. The van der Waals surface area contributed by atoms with Gasteiger partial charge >= 0.3 is 6.09 Å². The minimum atomic E-state index is -0.908. The standard InChI is InChI=1S/C30H38F2N6O6/c1-29(2,3)44-28(39)36-17-8-9-43-13-19(17)35-27-33-12-16-10-18(22-23(31)20(40-5)11-21(41-6)24(22)32)34-26(25(16)37-27)38-14-30(4,15-38)42-7/h10-12,17,19H,8-9,13-15H2,1-7H3,(H,36,39)(H,33,35,37)/t17-,19+/m0/s1. The van der Waals surface area contributed by atoms with Crippen LogP contribution in [0.3, 0.4) is 0 Å². The first kappa shape index (κ1) is 31.4. The summed E-state index contributed by atoms with van der Waals surface area (Å²) >= 11 is 0. The van der Waals surface area contributed by atoms with Gasteiger partial charge in [0, 0.05) is 31.4 Å². The lowest BCUT2D eigenvalue weighted by molar-refractivity contribution is -0.0170. The first-order valence-corrected chi connectivity index (χ1v) is 14.3. The number of halogens is 2. The quantitative estimate of drug-likeness (QED) is 0.376. The van der Waals surface area contributed by atoms with Gasteiger partial charge in [-0.15, -0.1) is 0 Å². The van der Waals surface area contributed by atoms with Crippen LogP contribution in [0.25, 0.3) is 22.2 Å². The summed E-state index contributed by atoms with van der Waals surface area (Å²) in [5.41, 5.74) is -0.962. The van der Waals surface area contributed by atoms with E-state index in [1.165, 1.54) is 20.3 Å². The van der Waals surface area contributed by atoms with Crippen molar-refractivity contribution in [2.45, 2.75) is 57.4 Å². The summed E-state index contributed by atoms with van der Waals surface area (Å²) in [6.07, 6.45) is 1.59. The number of anilines is 2. The van der Waals surface area contributed by atoms with Gasteiger partial charge in [0.2, 0.25) is 5.95 Å². The zero-order valence-electron chi connectivity index (χ0n) is 25.9. The lowest BCUT2D eigenvalue weighted by atomic mass is 9.96. The molecule has 12 nitrogen and oxygen atoms in total. The van der Waals surface area contributed by atoms with E-state index in [1.807, 2.05) is 11.8 Å². The molecule has 1 amide bonds. The Morgan fingerprint density at radius 2 is 1.75 bits per heavy atom. The highest BCUT2D eigenvalue weighted by Crippen LogP contribution is 2.40. The van der Waals surface area contributed by atoms with Crippen LogP contribution in [0.5, 0.6) is 11.5 Å². The summed E-state index contributed by atoms with van der Waals surface area (Å²) in [7, 11) is 4.21. The Morgan fingerprint density at radius 3 is 2.36 bits per heavy atom. The third-order valence-electron chi connectivity index (χ3n) is 7.59. The minimum Gasteiger partial charge on any atom is -0.494 e. The molecule has 3 aromatic rings. The summed E-state index contributed by atoms with van der Waals surface area (Å²) in [6.45, 7) is 9.10. The van der Waals surface area contributed by atoms with Crippen LogP contribution < -0.4 is 25.0 Å². The van der Waals surface area contributed by atoms with E-state index in [0.29, 0.717) is 49.4 Å². The monoisotopic (exact) mass is 616 g/mol. The minimum absolute atomic E-state index is 0.0253. The molecule has 4 heterocycles. The Bertz CT molecular complexity index is 1520. The summed E-state index contributed by atoms with van der Waals surface area (Å²) in [5, 5.41) is 6.70.